The highest BCUT2D eigenvalue weighted by molar-refractivity contribution is 6.32. The van der Waals surface area contributed by atoms with Gasteiger partial charge >= 0.3 is 5.92 Å². The Balaban J connectivity index is 0.000000555. The quantitative estimate of drug-likeness (QED) is 0.354. The lowest BCUT2D eigenvalue weighted by Gasteiger charge is -2.24. The normalized spacial score (nSPS) is 12.1. The number of fused-ring (bicyclic) bond motifs is 1. The van der Waals surface area contributed by atoms with E-state index in [-0.39, 0.29) is 18.1 Å². The second-order valence-corrected chi connectivity index (χ2v) is 9.32. The number of aromatic nitrogens is 3. The lowest BCUT2D eigenvalue weighted by molar-refractivity contribution is -0.144. The van der Waals surface area contributed by atoms with Gasteiger partial charge in [-0.3, -0.25) is 9.59 Å². The van der Waals surface area contributed by atoms with E-state index in [4.69, 9.17) is 16.3 Å². The molecule has 0 saturated heterocycles. The van der Waals surface area contributed by atoms with Crippen LogP contribution >= 0.6 is 11.6 Å². The van der Waals surface area contributed by atoms with Crippen LogP contribution in [0.15, 0.2) is 77.9 Å². The number of hydrogen-bond donors (Lipinski definition) is 1. The van der Waals surface area contributed by atoms with Crippen LogP contribution in [0.25, 0.3) is 16.6 Å². The molecule has 1 atom stereocenters. The summed E-state index contributed by atoms with van der Waals surface area (Å²) < 4.78 is 35.3. The Hall–Kier alpha value is -3.72. The Bertz CT molecular complexity index is 1370. The largest absolute Gasteiger partial charge is 0.490 e. The van der Waals surface area contributed by atoms with Crippen molar-refractivity contribution in [3.8, 4) is 11.4 Å². The van der Waals surface area contributed by atoms with Crippen molar-refractivity contribution < 1.29 is 18.3 Å². The van der Waals surface area contributed by atoms with E-state index < -0.39 is 17.9 Å². The van der Waals surface area contributed by atoms with Gasteiger partial charge in [-0.1, -0.05) is 61.8 Å². The molecule has 0 radical (unpaired) electrons. The summed E-state index contributed by atoms with van der Waals surface area (Å²) in [4.78, 5) is 23.3. The SMILES string of the molecule is CC(C)C(COc1cc2cnn(-c3ccc(=O)n(C)c3)c2cc1Cl)NC(=O)C(C)(F)F.c1ccccc1. The maximum atomic E-state index is 13.2. The zero-order chi connectivity index (χ0) is 27.2. The van der Waals surface area contributed by atoms with E-state index in [1.165, 1.54) is 10.6 Å². The molecule has 196 valence electrons. The number of halogens is 3. The highest BCUT2D eigenvalue weighted by atomic mass is 35.5. The summed E-state index contributed by atoms with van der Waals surface area (Å²) in [5.41, 5.74) is 1.25. The van der Waals surface area contributed by atoms with Gasteiger partial charge in [0.05, 0.1) is 28.5 Å². The molecule has 10 heteroatoms. The molecule has 0 bridgehead atoms. The summed E-state index contributed by atoms with van der Waals surface area (Å²) in [5, 5.41) is 7.71. The van der Waals surface area contributed by atoms with Crippen LogP contribution in [0.5, 0.6) is 5.75 Å². The molecule has 2 heterocycles. The first-order chi connectivity index (χ1) is 17.5. The summed E-state index contributed by atoms with van der Waals surface area (Å²) in [5.74, 6) is -4.62. The van der Waals surface area contributed by atoms with Crippen molar-refractivity contribution in [1.82, 2.24) is 19.7 Å². The molecular formula is C27H29ClF2N4O3. The number of pyridine rings is 1. The second-order valence-electron chi connectivity index (χ2n) is 8.91. The van der Waals surface area contributed by atoms with Gasteiger partial charge < -0.3 is 14.6 Å². The lowest BCUT2D eigenvalue weighted by atomic mass is 10.1. The number of ether oxygens (including phenoxy) is 1. The van der Waals surface area contributed by atoms with Gasteiger partial charge in [-0.15, -0.1) is 0 Å². The molecule has 1 unspecified atom stereocenters. The number of nitrogens with zero attached hydrogens (tertiary/aromatic N) is 3. The van der Waals surface area contributed by atoms with Crippen LogP contribution in [0.2, 0.25) is 5.02 Å². The van der Waals surface area contributed by atoms with Crippen molar-refractivity contribution in [2.45, 2.75) is 32.7 Å². The number of carbonyl (C=O) groups excluding carboxylic acids is 1. The van der Waals surface area contributed by atoms with Gasteiger partial charge in [0, 0.05) is 31.6 Å². The molecule has 7 nitrogen and oxygen atoms in total. The van der Waals surface area contributed by atoms with Crippen molar-refractivity contribution in [2.24, 2.45) is 13.0 Å². The molecule has 0 fully saturated rings. The maximum absolute atomic E-state index is 13.2. The topological polar surface area (TPSA) is 78.2 Å². The first kappa shape index (κ1) is 27.9. The van der Waals surface area contributed by atoms with Crippen molar-refractivity contribution in [2.75, 3.05) is 6.61 Å². The zero-order valence-corrected chi connectivity index (χ0v) is 21.7. The fourth-order valence-corrected chi connectivity index (χ4v) is 3.52. The Morgan fingerprint density at radius 3 is 2.30 bits per heavy atom. The molecule has 0 saturated carbocycles. The van der Waals surface area contributed by atoms with E-state index in [1.807, 2.05) is 36.4 Å². The number of aryl methyl sites for hydroxylation is 1. The summed E-state index contributed by atoms with van der Waals surface area (Å²) >= 11 is 6.39. The standard InChI is InChI=1S/C21H23ClF2N4O3.C6H6/c1-12(2)16(26-20(30)21(3,23)24)11-31-18-7-13-9-25-28(17(13)8-15(18)22)14-5-6-19(29)27(4)10-14;1-2-4-6-5-3-1/h5-10,12,16H,11H2,1-4H3,(H,26,30);1-6H. The van der Waals surface area contributed by atoms with Gasteiger partial charge in [-0.05, 0) is 24.1 Å². The van der Waals surface area contributed by atoms with Crippen LogP contribution < -0.4 is 15.6 Å². The molecule has 0 aliphatic carbocycles. The number of nitrogens with one attached hydrogen (secondary N) is 1. The van der Waals surface area contributed by atoms with Crippen molar-refractivity contribution in [1.29, 1.82) is 0 Å². The van der Waals surface area contributed by atoms with E-state index in [0.29, 0.717) is 28.9 Å². The van der Waals surface area contributed by atoms with E-state index in [1.54, 1.807) is 56.2 Å². The van der Waals surface area contributed by atoms with Crippen LogP contribution in [0.3, 0.4) is 0 Å². The number of carbonyl (C=O) groups is 1. The van der Waals surface area contributed by atoms with E-state index in [0.717, 1.165) is 5.39 Å². The van der Waals surface area contributed by atoms with Gasteiger partial charge in [0.2, 0.25) is 5.56 Å². The predicted molar refractivity (Wildman–Crippen MR) is 141 cm³/mol. The highest BCUT2D eigenvalue weighted by Crippen LogP contribution is 2.31. The monoisotopic (exact) mass is 530 g/mol. The lowest BCUT2D eigenvalue weighted by Crippen LogP contribution is -2.48. The van der Waals surface area contributed by atoms with E-state index in [2.05, 4.69) is 10.4 Å². The minimum Gasteiger partial charge on any atom is -0.490 e. The number of alkyl halides is 2. The van der Waals surface area contributed by atoms with E-state index in [9.17, 15) is 18.4 Å². The summed E-state index contributed by atoms with van der Waals surface area (Å²) in [6, 6.07) is 17.8. The van der Waals surface area contributed by atoms with Gasteiger partial charge in [0.15, 0.2) is 0 Å². The molecule has 2 aromatic heterocycles. The zero-order valence-electron chi connectivity index (χ0n) is 21.0. The fourth-order valence-electron chi connectivity index (χ4n) is 3.31. The Labute approximate surface area is 218 Å². The number of hydrogen-bond acceptors (Lipinski definition) is 4. The molecule has 1 amide bonds. The third kappa shape index (κ3) is 7.39. The van der Waals surface area contributed by atoms with Crippen LogP contribution in [-0.4, -0.2) is 38.8 Å². The molecule has 4 aromatic rings. The average molecular weight is 531 g/mol. The smallest absolute Gasteiger partial charge is 0.321 e. The Morgan fingerprint density at radius 2 is 1.76 bits per heavy atom. The van der Waals surface area contributed by atoms with Gasteiger partial charge in [0.25, 0.3) is 5.91 Å². The molecule has 0 aliphatic rings. The minimum absolute atomic E-state index is 0.0281. The van der Waals surface area contributed by atoms with Crippen LogP contribution in [0, 0.1) is 5.92 Å². The molecule has 37 heavy (non-hydrogen) atoms. The van der Waals surface area contributed by atoms with Crippen molar-refractivity contribution in [3.63, 3.8) is 0 Å². The molecule has 1 N–H and O–H groups in total. The summed E-state index contributed by atoms with van der Waals surface area (Å²) in [6.45, 7) is 4.11. The minimum atomic E-state index is -3.47. The van der Waals surface area contributed by atoms with Crippen LogP contribution in [0.1, 0.15) is 20.8 Å². The van der Waals surface area contributed by atoms with Crippen molar-refractivity contribution in [3.05, 3.63) is 88.4 Å². The summed E-state index contributed by atoms with van der Waals surface area (Å²) in [6.07, 6.45) is 3.29. The molecule has 2 aromatic carbocycles. The predicted octanol–water partition coefficient (Wildman–Crippen LogP) is 5.24. The molecule has 0 aliphatic heterocycles. The number of benzene rings is 2. The average Bonchev–Trinajstić information content (AvgIpc) is 3.26. The van der Waals surface area contributed by atoms with Crippen molar-refractivity contribution >= 4 is 28.4 Å². The number of amides is 1. The molecular weight excluding hydrogens is 502 g/mol. The van der Waals surface area contributed by atoms with Crippen LogP contribution in [0.4, 0.5) is 8.78 Å². The van der Waals surface area contributed by atoms with E-state index >= 15 is 0 Å². The second kappa shape index (κ2) is 12.0. The van der Waals surface area contributed by atoms with Gasteiger partial charge in [-0.2, -0.15) is 13.9 Å². The summed E-state index contributed by atoms with van der Waals surface area (Å²) in [7, 11) is 1.65. The van der Waals surface area contributed by atoms with Gasteiger partial charge in [-0.25, -0.2) is 4.68 Å². The van der Waals surface area contributed by atoms with Crippen LogP contribution in [-0.2, 0) is 11.8 Å². The Morgan fingerprint density at radius 1 is 1.14 bits per heavy atom. The first-order valence-corrected chi connectivity index (χ1v) is 12.0. The van der Waals surface area contributed by atoms with Gasteiger partial charge in [0.1, 0.15) is 12.4 Å². The first-order valence-electron chi connectivity index (χ1n) is 11.6. The third-order valence-corrected chi connectivity index (χ3v) is 5.84. The highest BCUT2D eigenvalue weighted by Gasteiger charge is 2.34. The number of rotatable bonds is 7. The molecule has 4 rings (SSSR count). The maximum Gasteiger partial charge on any atom is 0.321 e. The molecule has 0 spiro atoms. The fraction of sp³-hybridized carbons (Fsp3) is 0.296. The third-order valence-electron chi connectivity index (χ3n) is 5.54. The Kier molecular flexibility index (Phi) is 9.04.